The lowest BCUT2D eigenvalue weighted by Gasteiger charge is -1.94. The van der Waals surface area contributed by atoms with E-state index in [2.05, 4.69) is 28.6 Å². The summed E-state index contributed by atoms with van der Waals surface area (Å²) in [5, 5.41) is 10.0. The molecule has 106 valence electrons. The SMILES string of the molecule is CCCCCC[NH3+].O=C([O-])/C=C/c1cccc(Br)c1. The third kappa shape index (κ3) is 11.7. The van der Waals surface area contributed by atoms with E-state index in [4.69, 9.17) is 0 Å². The number of hydrogen-bond donors (Lipinski definition) is 1. The monoisotopic (exact) mass is 327 g/mol. The Morgan fingerprint density at radius 3 is 2.63 bits per heavy atom. The van der Waals surface area contributed by atoms with Gasteiger partial charge in [-0.2, -0.15) is 0 Å². The van der Waals surface area contributed by atoms with Gasteiger partial charge in [0.05, 0.1) is 12.5 Å². The highest BCUT2D eigenvalue weighted by atomic mass is 79.9. The van der Waals surface area contributed by atoms with Crippen molar-refractivity contribution in [3.63, 3.8) is 0 Å². The van der Waals surface area contributed by atoms with Gasteiger partial charge in [-0.25, -0.2) is 0 Å². The van der Waals surface area contributed by atoms with Gasteiger partial charge in [0, 0.05) is 4.47 Å². The average Bonchev–Trinajstić information content (AvgIpc) is 2.38. The van der Waals surface area contributed by atoms with Crippen molar-refractivity contribution >= 4 is 28.0 Å². The van der Waals surface area contributed by atoms with Crippen molar-refractivity contribution in [2.75, 3.05) is 6.54 Å². The molecule has 0 amide bonds. The molecule has 0 radical (unpaired) electrons. The first-order valence-electron chi connectivity index (χ1n) is 6.54. The van der Waals surface area contributed by atoms with Gasteiger partial charge in [-0.05, 0) is 36.6 Å². The van der Waals surface area contributed by atoms with Crippen LogP contribution in [-0.2, 0) is 4.79 Å². The van der Waals surface area contributed by atoms with E-state index in [9.17, 15) is 9.90 Å². The Morgan fingerprint density at radius 2 is 2.11 bits per heavy atom. The smallest absolute Gasteiger partial charge is 0.0739 e. The minimum atomic E-state index is -1.19. The molecule has 1 aromatic rings. The normalized spacial score (nSPS) is 10.1. The van der Waals surface area contributed by atoms with E-state index in [1.807, 2.05) is 24.3 Å². The first kappa shape index (κ1) is 17.9. The summed E-state index contributed by atoms with van der Waals surface area (Å²) in [6.45, 7) is 3.34. The Kier molecular flexibility index (Phi) is 11.2. The maximum atomic E-state index is 10.0. The molecular weight excluding hydrogens is 306 g/mol. The Morgan fingerprint density at radius 1 is 1.37 bits per heavy atom. The third-order valence-electron chi connectivity index (χ3n) is 2.36. The van der Waals surface area contributed by atoms with Crippen LogP contribution < -0.4 is 10.8 Å². The Labute approximate surface area is 123 Å². The van der Waals surface area contributed by atoms with Crippen molar-refractivity contribution in [1.82, 2.24) is 0 Å². The number of carbonyl (C=O) groups is 1. The van der Waals surface area contributed by atoms with Crippen LogP contribution in [0.15, 0.2) is 34.8 Å². The van der Waals surface area contributed by atoms with Gasteiger partial charge in [-0.3, -0.25) is 0 Å². The van der Waals surface area contributed by atoms with Gasteiger partial charge in [0.25, 0.3) is 0 Å². The molecule has 19 heavy (non-hydrogen) atoms. The van der Waals surface area contributed by atoms with Crippen LogP contribution in [0.25, 0.3) is 6.08 Å². The lowest BCUT2D eigenvalue weighted by Crippen LogP contribution is -2.50. The molecule has 0 unspecified atom stereocenters. The highest BCUT2D eigenvalue weighted by molar-refractivity contribution is 9.10. The van der Waals surface area contributed by atoms with Crippen LogP contribution in [0.3, 0.4) is 0 Å². The van der Waals surface area contributed by atoms with Crippen LogP contribution >= 0.6 is 15.9 Å². The van der Waals surface area contributed by atoms with Crippen molar-refractivity contribution < 1.29 is 15.6 Å². The van der Waals surface area contributed by atoms with Crippen molar-refractivity contribution in [3.05, 3.63) is 40.4 Å². The van der Waals surface area contributed by atoms with E-state index in [-0.39, 0.29) is 0 Å². The molecule has 1 rings (SSSR count). The Bertz CT molecular complexity index is 387. The topological polar surface area (TPSA) is 67.8 Å². The minimum absolute atomic E-state index is 0.827. The fourth-order valence-electron chi connectivity index (χ4n) is 1.38. The van der Waals surface area contributed by atoms with E-state index in [0.717, 1.165) is 22.7 Å². The molecule has 0 fully saturated rings. The van der Waals surface area contributed by atoms with Gasteiger partial charge in [0.1, 0.15) is 0 Å². The molecule has 0 aliphatic carbocycles. The summed E-state index contributed by atoms with van der Waals surface area (Å²) in [5.41, 5.74) is 4.58. The summed E-state index contributed by atoms with van der Waals surface area (Å²) in [6, 6.07) is 7.33. The zero-order valence-corrected chi connectivity index (χ0v) is 13.0. The number of carboxylic acid groups (broad SMARTS) is 1. The van der Waals surface area contributed by atoms with E-state index in [1.165, 1.54) is 31.8 Å². The summed E-state index contributed by atoms with van der Waals surface area (Å²) in [5.74, 6) is -1.19. The fraction of sp³-hybridized carbons (Fsp3) is 0.400. The van der Waals surface area contributed by atoms with Crippen LogP contribution in [0.4, 0.5) is 0 Å². The molecule has 0 aromatic heterocycles. The molecule has 0 atom stereocenters. The summed E-state index contributed by atoms with van der Waals surface area (Å²) in [7, 11) is 0. The lowest BCUT2D eigenvalue weighted by atomic mass is 10.2. The molecule has 0 aliphatic rings. The van der Waals surface area contributed by atoms with Crippen LogP contribution in [0.1, 0.15) is 38.2 Å². The van der Waals surface area contributed by atoms with E-state index < -0.39 is 5.97 Å². The first-order valence-corrected chi connectivity index (χ1v) is 7.33. The number of halogens is 1. The van der Waals surface area contributed by atoms with Crippen molar-refractivity contribution in [1.29, 1.82) is 0 Å². The molecule has 4 heteroatoms. The highest BCUT2D eigenvalue weighted by Crippen LogP contribution is 2.12. The second-order valence-corrected chi connectivity index (χ2v) is 5.04. The number of quaternary nitrogens is 1. The third-order valence-corrected chi connectivity index (χ3v) is 2.86. The van der Waals surface area contributed by atoms with Crippen LogP contribution in [0.2, 0.25) is 0 Å². The maximum Gasteiger partial charge on any atom is 0.0739 e. The number of aliphatic carboxylic acids is 1. The van der Waals surface area contributed by atoms with E-state index >= 15 is 0 Å². The zero-order chi connectivity index (χ0) is 14.5. The first-order chi connectivity index (χ1) is 9.10. The quantitative estimate of drug-likeness (QED) is 0.641. The number of carbonyl (C=O) groups excluding carboxylic acids is 1. The second kappa shape index (κ2) is 11.9. The molecular formula is C15H22BrNO2. The van der Waals surface area contributed by atoms with Crippen molar-refractivity contribution in [3.8, 4) is 0 Å². The standard InChI is InChI=1S/C9H7BrO2.C6H15N/c10-8-3-1-2-7(6-8)4-5-9(11)12;1-2-3-4-5-6-7/h1-6H,(H,11,12);2-7H2,1H3/b5-4+;. The number of carboxylic acids is 1. The molecule has 0 heterocycles. The fourth-order valence-corrected chi connectivity index (χ4v) is 1.80. The summed E-state index contributed by atoms with van der Waals surface area (Å²) in [6.07, 6.45) is 7.89. The van der Waals surface area contributed by atoms with Gasteiger partial charge in [0.2, 0.25) is 0 Å². The second-order valence-electron chi connectivity index (χ2n) is 4.12. The van der Waals surface area contributed by atoms with E-state index in [0.29, 0.717) is 0 Å². The number of hydrogen-bond acceptors (Lipinski definition) is 2. The number of rotatable bonds is 6. The molecule has 0 saturated heterocycles. The molecule has 3 N–H and O–H groups in total. The molecule has 1 aromatic carbocycles. The zero-order valence-electron chi connectivity index (χ0n) is 11.4. The van der Waals surface area contributed by atoms with Crippen LogP contribution in [0, 0.1) is 0 Å². The Hall–Kier alpha value is -1.13. The summed E-state index contributed by atoms with van der Waals surface area (Å²) in [4.78, 5) is 10.0. The van der Waals surface area contributed by atoms with Crippen molar-refractivity contribution in [2.45, 2.75) is 32.6 Å². The highest BCUT2D eigenvalue weighted by Gasteiger charge is 1.87. The lowest BCUT2D eigenvalue weighted by molar-refractivity contribution is -0.368. The van der Waals surface area contributed by atoms with Crippen LogP contribution in [0.5, 0.6) is 0 Å². The van der Waals surface area contributed by atoms with E-state index in [1.54, 1.807) is 0 Å². The van der Waals surface area contributed by atoms with Gasteiger partial charge in [-0.1, -0.05) is 53.9 Å². The summed E-state index contributed by atoms with van der Waals surface area (Å²) < 4.78 is 0.919. The number of benzene rings is 1. The molecule has 0 aliphatic heterocycles. The minimum Gasteiger partial charge on any atom is -0.545 e. The van der Waals surface area contributed by atoms with Crippen molar-refractivity contribution in [2.24, 2.45) is 0 Å². The largest absolute Gasteiger partial charge is 0.545 e. The number of unbranched alkanes of at least 4 members (excludes halogenated alkanes) is 3. The molecule has 0 saturated carbocycles. The summed E-state index contributed by atoms with van der Waals surface area (Å²) >= 11 is 3.27. The molecule has 0 spiro atoms. The predicted molar refractivity (Wildman–Crippen MR) is 80.1 cm³/mol. The van der Waals surface area contributed by atoms with Gasteiger partial charge in [0.15, 0.2) is 0 Å². The average molecular weight is 328 g/mol. The molecule has 3 nitrogen and oxygen atoms in total. The van der Waals surface area contributed by atoms with Gasteiger partial charge < -0.3 is 15.6 Å². The predicted octanol–water partition coefficient (Wildman–Crippen LogP) is 2.02. The van der Waals surface area contributed by atoms with Gasteiger partial charge >= 0.3 is 0 Å². The van der Waals surface area contributed by atoms with Crippen LogP contribution in [-0.4, -0.2) is 12.5 Å². The molecule has 0 bridgehead atoms. The Balaban J connectivity index is 0.000000399. The maximum absolute atomic E-state index is 10.0. The van der Waals surface area contributed by atoms with Gasteiger partial charge in [-0.15, -0.1) is 0 Å².